The summed E-state index contributed by atoms with van der Waals surface area (Å²) in [6.45, 7) is 5.81. The van der Waals surface area contributed by atoms with Gasteiger partial charge in [-0.2, -0.15) is 0 Å². The van der Waals surface area contributed by atoms with Gasteiger partial charge in [-0.05, 0) is 26.4 Å². The van der Waals surface area contributed by atoms with Crippen LogP contribution in [0.5, 0.6) is 0 Å². The SMILES string of the molecule is CN1CCN(NC(=O)[C@H]2CCCNC2)CC1. The average Bonchev–Trinajstić information content (AvgIpc) is 2.33. The molecule has 0 aliphatic carbocycles. The minimum Gasteiger partial charge on any atom is -0.316 e. The Morgan fingerprint density at radius 2 is 2.06 bits per heavy atom. The number of hydrogen-bond acceptors (Lipinski definition) is 4. The second kappa shape index (κ2) is 5.61. The third kappa shape index (κ3) is 3.17. The lowest BCUT2D eigenvalue weighted by Gasteiger charge is -2.33. The maximum absolute atomic E-state index is 11.9. The van der Waals surface area contributed by atoms with Crippen molar-refractivity contribution in [2.45, 2.75) is 12.8 Å². The number of nitrogens with zero attached hydrogens (tertiary/aromatic N) is 2. The quantitative estimate of drug-likeness (QED) is 0.651. The van der Waals surface area contributed by atoms with Crippen molar-refractivity contribution in [2.75, 3.05) is 46.3 Å². The summed E-state index contributed by atoms with van der Waals surface area (Å²) in [7, 11) is 2.12. The Labute approximate surface area is 97.1 Å². The molecule has 0 spiro atoms. The number of piperazine rings is 1. The molecule has 2 fully saturated rings. The van der Waals surface area contributed by atoms with Gasteiger partial charge in [0.15, 0.2) is 0 Å². The number of nitrogens with one attached hydrogen (secondary N) is 2. The number of amides is 1. The molecule has 92 valence electrons. The summed E-state index contributed by atoms with van der Waals surface area (Å²) in [6, 6.07) is 0. The minimum atomic E-state index is 0.161. The summed E-state index contributed by atoms with van der Waals surface area (Å²) in [4.78, 5) is 14.2. The van der Waals surface area contributed by atoms with E-state index in [-0.39, 0.29) is 11.8 Å². The summed E-state index contributed by atoms with van der Waals surface area (Å²) < 4.78 is 0. The molecule has 0 aromatic carbocycles. The summed E-state index contributed by atoms with van der Waals surface area (Å²) in [6.07, 6.45) is 2.13. The zero-order valence-electron chi connectivity index (χ0n) is 10.0. The zero-order valence-corrected chi connectivity index (χ0v) is 10.0. The Balaban J connectivity index is 1.73. The predicted octanol–water partition coefficient (Wildman–Crippen LogP) is -0.735. The number of rotatable bonds is 2. The Morgan fingerprint density at radius 1 is 1.31 bits per heavy atom. The first-order valence-corrected chi connectivity index (χ1v) is 6.20. The van der Waals surface area contributed by atoms with Crippen LogP contribution >= 0.6 is 0 Å². The molecular formula is C11H22N4O. The molecule has 2 aliphatic heterocycles. The molecule has 0 saturated carbocycles. The molecule has 1 amide bonds. The number of carbonyl (C=O) groups is 1. The van der Waals surface area contributed by atoms with Crippen LogP contribution in [0.2, 0.25) is 0 Å². The van der Waals surface area contributed by atoms with Gasteiger partial charge in [0.05, 0.1) is 5.92 Å². The number of hydrogen-bond donors (Lipinski definition) is 2. The standard InChI is InChI=1S/C11H22N4O/c1-14-5-7-15(8-6-14)13-11(16)10-3-2-4-12-9-10/h10,12H,2-9H2,1H3,(H,13,16)/t10-/m0/s1. The lowest BCUT2D eigenvalue weighted by atomic mass is 9.99. The molecule has 2 heterocycles. The van der Waals surface area contributed by atoms with Gasteiger partial charge in [-0.1, -0.05) is 0 Å². The highest BCUT2D eigenvalue weighted by atomic mass is 16.2. The molecule has 0 bridgehead atoms. The maximum atomic E-state index is 11.9. The van der Waals surface area contributed by atoms with E-state index in [4.69, 9.17) is 0 Å². The first kappa shape index (κ1) is 11.8. The van der Waals surface area contributed by atoms with Crippen LogP contribution in [0, 0.1) is 5.92 Å². The molecule has 2 N–H and O–H groups in total. The number of carbonyl (C=O) groups excluding carboxylic acids is 1. The highest BCUT2D eigenvalue weighted by Crippen LogP contribution is 2.10. The van der Waals surface area contributed by atoms with E-state index < -0.39 is 0 Å². The van der Waals surface area contributed by atoms with Gasteiger partial charge in [0.2, 0.25) is 5.91 Å². The molecule has 2 saturated heterocycles. The van der Waals surface area contributed by atoms with Gasteiger partial charge in [0.25, 0.3) is 0 Å². The van der Waals surface area contributed by atoms with Crippen LogP contribution in [0.15, 0.2) is 0 Å². The topological polar surface area (TPSA) is 47.6 Å². The molecular weight excluding hydrogens is 204 g/mol. The molecule has 2 rings (SSSR count). The Hall–Kier alpha value is -0.650. The lowest BCUT2D eigenvalue weighted by molar-refractivity contribution is -0.131. The van der Waals surface area contributed by atoms with Gasteiger partial charge in [0, 0.05) is 32.7 Å². The molecule has 5 nitrogen and oxygen atoms in total. The van der Waals surface area contributed by atoms with Crippen LogP contribution in [0.3, 0.4) is 0 Å². The number of likely N-dealkylation sites (N-methyl/N-ethyl adjacent to an activating group) is 1. The van der Waals surface area contributed by atoms with Crippen molar-refractivity contribution < 1.29 is 4.79 Å². The van der Waals surface area contributed by atoms with E-state index in [1.807, 2.05) is 0 Å². The van der Waals surface area contributed by atoms with Crippen LogP contribution < -0.4 is 10.7 Å². The first-order chi connectivity index (χ1) is 7.75. The van der Waals surface area contributed by atoms with Gasteiger partial charge < -0.3 is 10.2 Å². The smallest absolute Gasteiger partial charge is 0.238 e. The van der Waals surface area contributed by atoms with Crippen molar-refractivity contribution in [1.29, 1.82) is 0 Å². The average molecular weight is 226 g/mol. The van der Waals surface area contributed by atoms with Crippen LogP contribution in [-0.2, 0) is 4.79 Å². The molecule has 1 atom stereocenters. The second-order valence-electron chi connectivity index (χ2n) is 4.81. The normalized spacial score (nSPS) is 28.9. The fourth-order valence-electron chi connectivity index (χ4n) is 2.24. The monoisotopic (exact) mass is 226 g/mol. The van der Waals surface area contributed by atoms with E-state index in [2.05, 4.69) is 27.7 Å². The Morgan fingerprint density at radius 3 is 2.69 bits per heavy atom. The number of piperidine rings is 1. The van der Waals surface area contributed by atoms with E-state index in [0.29, 0.717) is 0 Å². The zero-order chi connectivity index (χ0) is 11.4. The van der Waals surface area contributed by atoms with Crippen LogP contribution in [0.4, 0.5) is 0 Å². The van der Waals surface area contributed by atoms with E-state index in [0.717, 1.165) is 52.1 Å². The van der Waals surface area contributed by atoms with Gasteiger partial charge in [0.1, 0.15) is 0 Å². The van der Waals surface area contributed by atoms with Gasteiger partial charge in [-0.15, -0.1) is 0 Å². The van der Waals surface area contributed by atoms with Crippen LogP contribution in [0.25, 0.3) is 0 Å². The van der Waals surface area contributed by atoms with Gasteiger partial charge in [-0.3, -0.25) is 10.2 Å². The van der Waals surface area contributed by atoms with Crippen LogP contribution in [0.1, 0.15) is 12.8 Å². The van der Waals surface area contributed by atoms with Gasteiger partial charge >= 0.3 is 0 Å². The van der Waals surface area contributed by atoms with Crippen molar-refractivity contribution in [1.82, 2.24) is 20.7 Å². The highest BCUT2D eigenvalue weighted by molar-refractivity contribution is 5.78. The van der Waals surface area contributed by atoms with Crippen molar-refractivity contribution in [2.24, 2.45) is 5.92 Å². The molecule has 0 radical (unpaired) electrons. The molecule has 16 heavy (non-hydrogen) atoms. The van der Waals surface area contributed by atoms with Crippen molar-refractivity contribution in [3.05, 3.63) is 0 Å². The molecule has 0 unspecified atom stereocenters. The third-order valence-corrected chi connectivity index (χ3v) is 3.44. The fourth-order valence-corrected chi connectivity index (χ4v) is 2.24. The number of hydrazine groups is 1. The predicted molar refractivity (Wildman–Crippen MR) is 62.8 cm³/mol. The molecule has 5 heteroatoms. The van der Waals surface area contributed by atoms with E-state index in [9.17, 15) is 4.79 Å². The van der Waals surface area contributed by atoms with Gasteiger partial charge in [-0.25, -0.2) is 5.01 Å². The fraction of sp³-hybridized carbons (Fsp3) is 0.909. The van der Waals surface area contributed by atoms with Crippen molar-refractivity contribution in [3.8, 4) is 0 Å². The second-order valence-corrected chi connectivity index (χ2v) is 4.81. The Bertz CT molecular complexity index is 232. The third-order valence-electron chi connectivity index (χ3n) is 3.44. The molecule has 2 aliphatic rings. The summed E-state index contributed by atoms with van der Waals surface area (Å²) in [5.41, 5.74) is 3.04. The highest BCUT2D eigenvalue weighted by Gasteiger charge is 2.23. The molecule has 0 aromatic heterocycles. The Kier molecular flexibility index (Phi) is 4.15. The summed E-state index contributed by atoms with van der Waals surface area (Å²) in [5.74, 6) is 0.352. The van der Waals surface area contributed by atoms with E-state index >= 15 is 0 Å². The summed E-state index contributed by atoms with van der Waals surface area (Å²) >= 11 is 0. The minimum absolute atomic E-state index is 0.161. The van der Waals surface area contributed by atoms with Crippen molar-refractivity contribution in [3.63, 3.8) is 0 Å². The summed E-state index contributed by atoms with van der Waals surface area (Å²) in [5, 5.41) is 5.32. The van der Waals surface area contributed by atoms with E-state index in [1.165, 1.54) is 0 Å². The van der Waals surface area contributed by atoms with Crippen molar-refractivity contribution >= 4 is 5.91 Å². The maximum Gasteiger partial charge on any atom is 0.238 e. The first-order valence-electron chi connectivity index (χ1n) is 6.20. The largest absolute Gasteiger partial charge is 0.316 e. The van der Waals surface area contributed by atoms with Crippen LogP contribution in [-0.4, -0.2) is 62.1 Å². The van der Waals surface area contributed by atoms with E-state index in [1.54, 1.807) is 0 Å². The lowest BCUT2D eigenvalue weighted by Crippen LogP contribution is -2.54. The molecule has 0 aromatic rings.